The van der Waals surface area contributed by atoms with Crippen LogP contribution in [0.15, 0.2) is 46.0 Å². The van der Waals surface area contributed by atoms with E-state index < -0.39 is 0 Å². The van der Waals surface area contributed by atoms with Crippen LogP contribution in [0.3, 0.4) is 0 Å². The summed E-state index contributed by atoms with van der Waals surface area (Å²) in [6.07, 6.45) is 2.53. The summed E-state index contributed by atoms with van der Waals surface area (Å²) in [6.45, 7) is 6.21. The minimum absolute atomic E-state index is 0.567. The molecule has 2 rings (SSSR count). The molecule has 0 aliphatic rings. The molecule has 0 bridgehead atoms. The molecule has 2 aromatic rings. The second-order valence-electron chi connectivity index (χ2n) is 4.72. The van der Waals surface area contributed by atoms with E-state index in [0.29, 0.717) is 6.54 Å². The van der Waals surface area contributed by atoms with Gasteiger partial charge in [-0.05, 0) is 38.1 Å². The van der Waals surface area contributed by atoms with Gasteiger partial charge in [0, 0.05) is 25.2 Å². The van der Waals surface area contributed by atoms with Crippen molar-refractivity contribution in [3.63, 3.8) is 0 Å². The van der Waals surface area contributed by atoms with Crippen LogP contribution in [0.4, 0.5) is 0 Å². The molecular formula is C16H22N4O. The van der Waals surface area contributed by atoms with E-state index in [9.17, 15) is 0 Å². The highest BCUT2D eigenvalue weighted by Gasteiger charge is 2.00. The van der Waals surface area contributed by atoms with Crippen LogP contribution in [-0.4, -0.2) is 24.0 Å². The second kappa shape index (κ2) is 8.09. The van der Waals surface area contributed by atoms with Gasteiger partial charge in [0.05, 0.1) is 18.5 Å². The fourth-order valence-corrected chi connectivity index (χ4v) is 1.95. The van der Waals surface area contributed by atoms with Gasteiger partial charge in [-0.15, -0.1) is 0 Å². The van der Waals surface area contributed by atoms with Crippen molar-refractivity contribution in [1.82, 2.24) is 15.6 Å². The molecule has 2 N–H and O–H groups in total. The molecule has 112 valence electrons. The van der Waals surface area contributed by atoms with Crippen molar-refractivity contribution in [2.45, 2.75) is 26.8 Å². The van der Waals surface area contributed by atoms with E-state index in [-0.39, 0.29) is 0 Å². The smallest absolute Gasteiger partial charge is 0.191 e. The SMILES string of the molecule is CCNC(=NCc1cccc(C)n1)NCCc1ccco1. The summed E-state index contributed by atoms with van der Waals surface area (Å²) in [5.74, 6) is 1.77. The maximum Gasteiger partial charge on any atom is 0.191 e. The normalized spacial score (nSPS) is 11.4. The van der Waals surface area contributed by atoms with E-state index >= 15 is 0 Å². The lowest BCUT2D eigenvalue weighted by atomic mass is 10.3. The minimum Gasteiger partial charge on any atom is -0.469 e. The van der Waals surface area contributed by atoms with E-state index in [0.717, 1.165) is 42.6 Å². The Labute approximate surface area is 125 Å². The number of hydrogen-bond donors (Lipinski definition) is 2. The lowest BCUT2D eigenvalue weighted by molar-refractivity contribution is 0.507. The third-order valence-electron chi connectivity index (χ3n) is 2.93. The summed E-state index contributed by atoms with van der Waals surface area (Å²) in [6, 6.07) is 9.85. The van der Waals surface area contributed by atoms with E-state index in [2.05, 4.69) is 27.5 Å². The standard InChI is InChI=1S/C16H22N4O/c1-3-17-16(18-10-9-15-8-5-11-21-15)19-12-14-7-4-6-13(2)20-14/h4-8,11H,3,9-10,12H2,1-2H3,(H2,17,18,19). The van der Waals surface area contributed by atoms with Gasteiger partial charge in [0.1, 0.15) is 5.76 Å². The molecule has 5 nitrogen and oxygen atoms in total. The van der Waals surface area contributed by atoms with Crippen molar-refractivity contribution in [1.29, 1.82) is 0 Å². The number of aryl methyl sites for hydroxylation is 1. The van der Waals surface area contributed by atoms with E-state index in [1.54, 1.807) is 6.26 Å². The summed E-state index contributed by atoms with van der Waals surface area (Å²) in [7, 11) is 0. The molecule has 0 fully saturated rings. The van der Waals surface area contributed by atoms with Crippen molar-refractivity contribution < 1.29 is 4.42 Å². The Balaban J connectivity index is 1.86. The van der Waals surface area contributed by atoms with Crippen molar-refractivity contribution >= 4 is 5.96 Å². The van der Waals surface area contributed by atoms with Crippen LogP contribution in [0.2, 0.25) is 0 Å². The van der Waals surface area contributed by atoms with Crippen LogP contribution in [0, 0.1) is 6.92 Å². The second-order valence-corrected chi connectivity index (χ2v) is 4.72. The molecule has 2 heterocycles. The summed E-state index contributed by atoms with van der Waals surface area (Å²) >= 11 is 0. The summed E-state index contributed by atoms with van der Waals surface area (Å²) in [5.41, 5.74) is 1.98. The van der Waals surface area contributed by atoms with Gasteiger partial charge < -0.3 is 15.1 Å². The highest BCUT2D eigenvalue weighted by atomic mass is 16.3. The first kappa shape index (κ1) is 15.1. The average Bonchev–Trinajstić information content (AvgIpc) is 2.98. The summed E-state index contributed by atoms with van der Waals surface area (Å²) < 4.78 is 5.31. The Kier molecular flexibility index (Phi) is 5.82. The van der Waals surface area contributed by atoms with Crippen LogP contribution < -0.4 is 10.6 Å². The topological polar surface area (TPSA) is 62.5 Å². The van der Waals surface area contributed by atoms with Gasteiger partial charge in [0.15, 0.2) is 5.96 Å². The number of nitrogens with zero attached hydrogens (tertiary/aromatic N) is 2. The van der Waals surface area contributed by atoms with Gasteiger partial charge in [0.2, 0.25) is 0 Å². The van der Waals surface area contributed by atoms with Crippen LogP contribution in [0.1, 0.15) is 24.1 Å². The Morgan fingerprint density at radius 2 is 2.14 bits per heavy atom. The van der Waals surface area contributed by atoms with Crippen molar-refractivity contribution in [2.24, 2.45) is 4.99 Å². The first-order valence-electron chi connectivity index (χ1n) is 7.25. The number of guanidine groups is 1. The molecule has 0 radical (unpaired) electrons. The van der Waals surface area contributed by atoms with Gasteiger partial charge in [-0.2, -0.15) is 0 Å². The predicted octanol–water partition coefficient (Wildman–Crippen LogP) is 2.28. The lowest BCUT2D eigenvalue weighted by Crippen LogP contribution is -2.38. The van der Waals surface area contributed by atoms with Gasteiger partial charge in [-0.3, -0.25) is 4.98 Å². The fraction of sp³-hybridized carbons (Fsp3) is 0.375. The molecule has 0 saturated heterocycles. The van der Waals surface area contributed by atoms with Gasteiger partial charge in [0.25, 0.3) is 0 Å². The highest BCUT2D eigenvalue weighted by molar-refractivity contribution is 5.79. The van der Waals surface area contributed by atoms with Crippen molar-refractivity contribution in [3.8, 4) is 0 Å². The zero-order valence-corrected chi connectivity index (χ0v) is 12.6. The Morgan fingerprint density at radius 3 is 2.86 bits per heavy atom. The molecule has 0 aliphatic carbocycles. The number of aromatic nitrogens is 1. The quantitative estimate of drug-likeness (QED) is 0.632. The molecule has 21 heavy (non-hydrogen) atoms. The maximum absolute atomic E-state index is 5.31. The number of rotatable bonds is 6. The molecule has 0 atom stereocenters. The summed E-state index contributed by atoms with van der Waals surface area (Å²) in [4.78, 5) is 8.99. The number of pyridine rings is 1. The third-order valence-corrected chi connectivity index (χ3v) is 2.93. The van der Waals surface area contributed by atoms with Crippen molar-refractivity contribution in [2.75, 3.05) is 13.1 Å². The first-order valence-corrected chi connectivity index (χ1v) is 7.25. The Morgan fingerprint density at radius 1 is 1.24 bits per heavy atom. The van der Waals surface area contributed by atoms with Crippen LogP contribution >= 0.6 is 0 Å². The number of nitrogens with one attached hydrogen (secondary N) is 2. The number of aliphatic imine (C=N–C) groups is 1. The van der Waals surface area contributed by atoms with Crippen LogP contribution in [0.5, 0.6) is 0 Å². The zero-order chi connectivity index (χ0) is 14.9. The van der Waals surface area contributed by atoms with Crippen LogP contribution in [-0.2, 0) is 13.0 Å². The average molecular weight is 286 g/mol. The van der Waals surface area contributed by atoms with Crippen LogP contribution in [0.25, 0.3) is 0 Å². The molecular weight excluding hydrogens is 264 g/mol. The maximum atomic E-state index is 5.31. The van der Waals surface area contributed by atoms with E-state index in [4.69, 9.17) is 4.42 Å². The summed E-state index contributed by atoms with van der Waals surface area (Å²) in [5, 5.41) is 6.52. The highest BCUT2D eigenvalue weighted by Crippen LogP contribution is 2.01. The zero-order valence-electron chi connectivity index (χ0n) is 12.6. The van der Waals surface area contributed by atoms with Gasteiger partial charge >= 0.3 is 0 Å². The molecule has 0 spiro atoms. The largest absolute Gasteiger partial charge is 0.469 e. The molecule has 0 unspecified atom stereocenters. The van der Waals surface area contributed by atoms with Crippen molar-refractivity contribution in [3.05, 3.63) is 53.7 Å². The van der Waals surface area contributed by atoms with E-state index in [1.807, 2.05) is 37.3 Å². The predicted molar refractivity (Wildman–Crippen MR) is 84.2 cm³/mol. The lowest BCUT2D eigenvalue weighted by Gasteiger charge is -2.10. The monoisotopic (exact) mass is 286 g/mol. The fourth-order valence-electron chi connectivity index (χ4n) is 1.95. The van der Waals surface area contributed by atoms with E-state index in [1.165, 1.54) is 0 Å². The first-order chi connectivity index (χ1) is 10.3. The molecule has 0 amide bonds. The molecule has 2 aromatic heterocycles. The third kappa shape index (κ3) is 5.30. The Bertz CT molecular complexity index is 563. The molecule has 0 aliphatic heterocycles. The Hall–Kier alpha value is -2.30. The van der Waals surface area contributed by atoms with Gasteiger partial charge in [-0.1, -0.05) is 6.07 Å². The molecule has 5 heteroatoms. The number of furan rings is 1. The van der Waals surface area contributed by atoms with Gasteiger partial charge in [-0.25, -0.2) is 4.99 Å². The number of hydrogen-bond acceptors (Lipinski definition) is 3. The minimum atomic E-state index is 0.567. The molecule has 0 saturated carbocycles. The molecule has 0 aromatic carbocycles.